The van der Waals surface area contributed by atoms with Gasteiger partial charge in [-0.3, -0.25) is 14.8 Å². The van der Waals surface area contributed by atoms with Crippen LogP contribution in [0.3, 0.4) is 0 Å². The van der Waals surface area contributed by atoms with Crippen LogP contribution >= 0.6 is 0 Å². The average molecular weight is 216 g/mol. The number of carbonyl (C=O) groups is 1. The molecule has 0 saturated heterocycles. The second-order valence-corrected chi connectivity index (χ2v) is 4.40. The molecule has 16 heavy (non-hydrogen) atoms. The van der Waals surface area contributed by atoms with Crippen molar-refractivity contribution in [1.29, 1.82) is 0 Å². The zero-order valence-electron chi connectivity index (χ0n) is 9.95. The molecule has 1 heterocycles. The Labute approximate surface area is 95.6 Å². The van der Waals surface area contributed by atoms with Gasteiger partial charge in [0.15, 0.2) is 5.78 Å². The highest BCUT2D eigenvalue weighted by atomic mass is 16.1. The summed E-state index contributed by atoms with van der Waals surface area (Å²) in [5.74, 6) is 0.537. The van der Waals surface area contributed by atoms with E-state index in [0.717, 1.165) is 29.1 Å². The van der Waals surface area contributed by atoms with Gasteiger partial charge in [-0.1, -0.05) is 20.8 Å². The molecule has 0 atom stereocenters. The Bertz CT molecular complexity index is 461. The van der Waals surface area contributed by atoms with Crippen LogP contribution in [0.15, 0.2) is 11.8 Å². The molecule has 1 aliphatic rings. The van der Waals surface area contributed by atoms with E-state index in [4.69, 9.17) is 0 Å². The summed E-state index contributed by atoms with van der Waals surface area (Å²) in [5.41, 5.74) is 3.51. The molecule has 3 heteroatoms. The maximum Gasteiger partial charge on any atom is 0.164 e. The number of allylic oxidation sites excluding steroid dienone is 1. The molecule has 0 bridgehead atoms. The fourth-order valence-electron chi connectivity index (χ4n) is 1.79. The first-order chi connectivity index (χ1) is 7.61. The summed E-state index contributed by atoms with van der Waals surface area (Å²) in [6.45, 7) is 6.15. The molecule has 0 fully saturated rings. The number of fused-ring (bicyclic) bond motifs is 1. The van der Waals surface area contributed by atoms with Gasteiger partial charge in [0, 0.05) is 6.20 Å². The number of rotatable bonds is 2. The molecule has 1 aromatic rings. The summed E-state index contributed by atoms with van der Waals surface area (Å²) in [7, 11) is 0. The van der Waals surface area contributed by atoms with Crippen molar-refractivity contribution in [2.45, 2.75) is 39.5 Å². The van der Waals surface area contributed by atoms with Crippen LogP contribution in [0.1, 0.15) is 50.2 Å². The predicted octanol–water partition coefficient (Wildman–Crippen LogP) is 2.52. The molecular formula is C13H16N2O. The van der Waals surface area contributed by atoms with Crippen molar-refractivity contribution in [2.24, 2.45) is 0 Å². The summed E-state index contributed by atoms with van der Waals surface area (Å²) in [5, 5.41) is 0. The Balaban J connectivity index is 2.44. The topological polar surface area (TPSA) is 42.9 Å². The van der Waals surface area contributed by atoms with Crippen LogP contribution in [0.25, 0.3) is 6.08 Å². The molecule has 0 aromatic carbocycles. The van der Waals surface area contributed by atoms with Crippen molar-refractivity contribution < 1.29 is 4.79 Å². The lowest BCUT2D eigenvalue weighted by Gasteiger charge is -2.14. The van der Waals surface area contributed by atoms with Gasteiger partial charge in [0.05, 0.1) is 23.5 Å². The highest BCUT2D eigenvalue weighted by Gasteiger charge is 2.19. The first-order valence-corrected chi connectivity index (χ1v) is 5.71. The Kier molecular flexibility index (Phi) is 2.86. The molecule has 0 N–H and O–H groups in total. The third-order valence-corrected chi connectivity index (χ3v) is 2.87. The van der Waals surface area contributed by atoms with Crippen LogP contribution in [0.5, 0.6) is 0 Å². The number of ketones is 1. The zero-order chi connectivity index (χ0) is 11.7. The number of Topliss-reactive ketones (excluding diaryl/α,β-unsaturated/α-hetero) is 1. The molecule has 3 nitrogen and oxygen atoms in total. The monoisotopic (exact) mass is 216 g/mol. The van der Waals surface area contributed by atoms with Crippen molar-refractivity contribution >= 4 is 11.9 Å². The first-order valence-electron chi connectivity index (χ1n) is 5.71. The van der Waals surface area contributed by atoms with E-state index in [0.29, 0.717) is 12.3 Å². The Morgan fingerprint density at radius 1 is 1.44 bits per heavy atom. The van der Waals surface area contributed by atoms with Gasteiger partial charge in [-0.05, 0) is 24.0 Å². The number of aromatic nitrogens is 2. The summed E-state index contributed by atoms with van der Waals surface area (Å²) < 4.78 is 0. The molecule has 0 saturated carbocycles. The number of nitrogens with zero attached hydrogens (tertiary/aromatic N) is 2. The Morgan fingerprint density at radius 3 is 2.81 bits per heavy atom. The Hall–Kier alpha value is -1.51. The highest BCUT2D eigenvalue weighted by Crippen LogP contribution is 2.22. The molecule has 1 aromatic heterocycles. The summed E-state index contributed by atoms with van der Waals surface area (Å²) in [6, 6.07) is 0. The summed E-state index contributed by atoms with van der Waals surface area (Å²) in [4.78, 5) is 20.6. The minimum absolute atomic E-state index is 0.185. The largest absolute Gasteiger partial charge is 0.294 e. The molecule has 0 amide bonds. The van der Waals surface area contributed by atoms with E-state index in [-0.39, 0.29) is 5.78 Å². The Morgan fingerprint density at radius 2 is 2.19 bits per heavy atom. The maximum atomic E-state index is 11.7. The van der Waals surface area contributed by atoms with E-state index in [1.807, 2.05) is 19.2 Å². The van der Waals surface area contributed by atoms with Crippen LogP contribution in [-0.4, -0.2) is 15.8 Å². The fraction of sp³-hybridized carbons (Fsp3) is 0.462. The lowest BCUT2D eigenvalue weighted by atomic mass is 9.96. The van der Waals surface area contributed by atoms with E-state index in [9.17, 15) is 4.79 Å². The smallest absolute Gasteiger partial charge is 0.164 e. The van der Waals surface area contributed by atoms with Crippen LogP contribution in [-0.2, 0) is 11.2 Å². The molecule has 0 radical (unpaired) electrons. The average Bonchev–Trinajstić information content (AvgIpc) is 2.27. The molecule has 1 aliphatic carbocycles. The molecule has 0 spiro atoms. The lowest BCUT2D eigenvalue weighted by molar-refractivity contribution is -0.115. The number of carbonyl (C=O) groups excluding carboxylic acids is 1. The van der Waals surface area contributed by atoms with Crippen molar-refractivity contribution in [3.63, 3.8) is 0 Å². The second kappa shape index (κ2) is 4.16. The SMILES string of the molecule is CCC1=Cc2ncc(C(C)C)nc2CC1=O. The molecule has 0 aliphatic heterocycles. The van der Waals surface area contributed by atoms with Crippen LogP contribution in [0.4, 0.5) is 0 Å². The van der Waals surface area contributed by atoms with Crippen LogP contribution < -0.4 is 0 Å². The quantitative estimate of drug-likeness (QED) is 0.763. The van der Waals surface area contributed by atoms with Crippen molar-refractivity contribution in [2.75, 3.05) is 0 Å². The van der Waals surface area contributed by atoms with E-state index in [1.54, 1.807) is 0 Å². The van der Waals surface area contributed by atoms with Crippen molar-refractivity contribution in [3.8, 4) is 0 Å². The van der Waals surface area contributed by atoms with Gasteiger partial charge in [-0.2, -0.15) is 0 Å². The predicted molar refractivity (Wildman–Crippen MR) is 63.1 cm³/mol. The van der Waals surface area contributed by atoms with Gasteiger partial charge in [-0.15, -0.1) is 0 Å². The van der Waals surface area contributed by atoms with E-state index in [1.165, 1.54) is 0 Å². The minimum Gasteiger partial charge on any atom is -0.294 e. The fourth-order valence-corrected chi connectivity index (χ4v) is 1.79. The number of hydrogen-bond acceptors (Lipinski definition) is 3. The van der Waals surface area contributed by atoms with E-state index < -0.39 is 0 Å². The zero-order valence-corrected chi connectivity index (χ0v) is 9.95. The van der Waals surface area contributed by atoms with Gasteiger partial charge >= 0.3 is 0 Å². The van der Waals surface area contributed by atoms with Gasteiger partial charge in [0.25, 0.3) is 0 Å². The first kappa shape index (κ1) is 11.0. The van der Waals surface area contributed by atoms with Crippen molar-refractivity contribution in [1.82, 2.24) is 9.97 Å². The maximum absolute atomic E-state index is 11.7. The normalized spacial score (nSPS) is 15.0. The van der Waals surface area contributed by atoms with E-state index in [2.05, 4.69) is 23.8 Å². The molecule has 2 rings (SSSR count). The van der Waals surface area contributed by atoms with Gasteiger partial charge in [0.1, 0.15) is 0 Å². The number of hydrogen-bond donors (Lipinski definition) is 0. The lowest BCUT2D eigenvalue weighted by Crippen LogP contribution is -2.15. The third kappa shape index (κ3) is 1.90. The standard InChI is InChI=1S/C13H16N2O/c1-4-9-5-10-11(6-13(9)16)15-12(7-14-10)8(2)3/h5,7-8H,4,6H2,1-3H3. The minimum atomic E-state index is 0.185. The van der Waals surface area contributed by atoms with Gasteiger partial charge in [-0.25, -0.2) is 0 Å². The van der Waals surface area contributed by atoms with E-state index >= 15 is 0 Å². The third-order valence-electron chi connectivity index (χ3n) is 2.87. The summed E-state index contributed by atoms with van der Waals surface area (Å²) in [6.07, 6.45) is 4.86. The van der Waals surface area contributed by atoms with Crippen LogP contribution in [0.2, 0.25) is 0 Å². The molecule has 84 valence electrons. The highest BCUT2D eigenvalue weighted by molar-refractivity contribution is 6.02. The second-order valence-electron chi connectivity index (χ2n) is 4.40. The summed E-state index contributed by atoms with van der Waals surface area (Å²) >= 11 is 0. The van der Waals surface area contributed by atoms with Crippen molar-refractivity contribution in [3.05, 3.63) is 28.9 Å². The molecular weight excluding hydrogens is 200 g/mol. The van der Waals surface area contributed by atoms with Gasteiger partial charge in [0.2, 0.25) is 0 Å². The van der Waals surface area contributed by atoms with Gasteiger partial charge < -0.3 is 0 Å². The van der Waals surface area contributed by atoms with Crippen LogP contribution in [0, 0.1) is 0 Å². The molecule has 0 unspecified atom stereocenters.